The minimum atomic E-state index is -0.517. The van der Waals surface area contributed by atoms with Crippen LogP contribution in [0.3, 0.4) is 0 Å². The van der Waals surface area contributed by atoms with Crippen molar-refractivity contribution in [3.8, 4) is 22.9 Å². The number of thioether (sulfide) groups is 1. The van der Waals surface area contributed by atoms with Gasteiger partial charge in [0, 0.05) is 22.6 Å². The summed E-state index contributed by atoms with van der Waals surface area (Å²) in [5.74, 6) is 1.48. The summed E-state index contributed by atoms with van der Waals surface area (Å²) in [6, 6.07) is 11.4. The van der Waals surface area contributed by atoms with Gasteiger partial charge in [0.05, 0.1) is 8.95 Å². The molecule has 0 unspecified atom stereocenters. The van der Waals surface area contributed by atoms with Crippen molar-refractivity contribution in [3.63, 3.8) is 0 Å². The van der Waals surface area contributed by atoms with Gasteiger partial charge in [0.2, 0.25) is 11.0 Å². The number of halogens is 2. The first-order chi connectivity index (χ1) is 13.6. The van der Waals surface area contributed by atoms with Crippen molar-refractivity contribution >= 4 is 49.3 Å². The minimum Gasteiger partial charge on any atom is -0.506 e. The molecule has 9 heteroatoms. The number of phenolic OH excluding ortho intramolecular Hbond substituents is 1. The van der Waals surface area contributed by atoms with Crippen molar-refractivity contribution in [3.05, 3.63) is 50.9 Å². The molecule has 1 aliphatic rings. The average molecular weight is 524 g/mol. The molecule has 1 atom stereocenters. The van der Waals surface area contributed by atoms with E-state index in [1.54, 1.807) is 11.8 Å². The van der Waals surface area contributed by atoms with E-state index in [1.807, 2.05) is 36.4 Å². The highest BCUT2D eigenvalue weighted by Crippen LogP contribution is 2.41. The van der Waals surface area contributed by atoms with E-state index in [4.69, 9.17) is 4.74 Å². The molecule has 4 rings (SSSR count). The molecule has 28 heavy (non-hydrogen) atoms. The number of hydrogen-bond acceptors (Lipinski definition) is 7. The van der Waals surface area contributed by atoms with Gasteiger partial charge >= 0.3 is 0 Å². The fourth-order valence-corrected chi connectivity index (χ4v) is 4.64. The molecule has 0 amide bonds. The van der Waals surface area contributed by atoms with Gasteiger partial charge in [0.15, 0.2) is 11.9 Å². The summed E-state index contributed by atoms with van der Waals surface area (Å²) in [6.45, 7) is 2.11. The Morgan fingerprint density at radius 1 is 1.18 bits per heavy atom. The van der Waals surface area contributed by atoms with Crippen LogP contribution in [0.2, 0.25) is 0 Å². The molecule has 3 aromatic rings. The molecule has 0 aliphatic carbocycles. The lowest BCUT2D eigenvalue weighted by molar-refractivity contribution is 0.225. The molecule has 2 heterocycles. The van der Waals surface area contributed by atoms with E-state index >= 15 is 0 Å². The number of aromatic hydroxyl groups is 1. The molecule has 0 radical (unpaired) electrons. The Hall–Kier alpha value is -1.84. The number of anilines is 1. The highest BCUT2D eigenvalue weighted by molar-refractivity contribution is 9.11. The van der Waals surface area contributed by atoms with Crippen LogP contribution in [-0.2, 0) is 0 Å². The molecule has 144 valence electrons. The summed E-state index contributed by atoms with van der Waals surface area (Å²) in [5, 5.41) is 22.7. The number of phenols is 1. The topological polar surface area (TPSA) is 80.2 Å². The van der Waals surface area contributed by atoms with Gasteiger partial charge in [-0.25, -0.2) is 0 Å². The quantitative estimate of drug-likeness (QED) is 0.420. The summed E-state index contributed by atoms with van der Waals surface area (Å²) >= 11 is 8.32. The van der Waals surface area contributed by atoms with E-state index in [2.05, 4.69) is 59.3 Å². The van der Waals surface area contributed by atoms with E-state index in [9.17, 15) is 5.11 Å². The molecule has 0 bridgehead atoms. The van der Waals surface area contributed by atoms with Crippen molar-refractivity contribution < 1.29 is 9.84 Å². The summed E-state index contributed by atoms with van der Waals surface area (Å²) in [7, 11) is 0. The molecule has 0 saturated carbocycles. The Kier molecular flexibility index (Phi) is 5.75. The number of ether oxygens (including phenoxy) is 1. The summed E-state index contributed by atoms with van der Waals surface area (Å²) in [6.07, 6.45) is 0.505. The first-order valence-corrected chi connectivity index (χ1v) is 11.2. The van der Waals surface area contributed by atoms with E-state index < -0.39 is 6.23 Å². The number of aromatic nitrogens is 3. The maximum atomic E-state index is 10.0. The summed E-state index contributed by atoms with van der Waals surface area (Å²) < 4.78 is 7.37. The molecule has 1 aliphatic heterocycles. The van der Waals surface area contributed by atoms with Crippen LogP contribution in [0, 0.1) is 0 Å². The smallest absolute Gasteiger partial charge is 0.247 e. The fourth-order valence-electron chi connectivity index (χ4n) is 2.79. The van der Waals surface area contributed by atoms with Crippen molar-refractivity contribution in [2.75, 3.05) is 11.1 Å². The second-order valence-corrected chi connectivity index (χ2v) is 8.89. The number of fused-ring (bicyclic) bond motifs is 3. The van der Waals surface area contributed by atoms with Crippen LogP contribution < -0.4 is 10.1 Å². The Bertz CT molecular complexity index is 1010. The third-order valence-corrected chi connectivity index (χ3v) is 6.36. The summed E-state index contributed by atoms with van der Waals surface area (Å²) in [5.41, 5.74) is 3.17. The van der Waals surface area contributed by atoms with Gasteiger partial charge in [-0.2, -0.15) is 4.98 Å². The second-order valence-electron chi connectivity index (χ2n) is 6.12. The summed E-state index contributed by atoms with van der Waals surface area (Å²) in [4.78, 5) is 4.60. The highest BCUT2D eigenvalue weighted by Gasteiger charge is 2.26. The van der Waals surface area contributed by atoms with E-state index in [1.165, 1.54) is 0 Å². The number of rotatable bonds is 4. The van der Waals surface area contributed by atoms with E-state index in [0.29, 0.717) is 25.7 Å². The molecular weight excluding hydrogens is 508 g/mol. The largest absolute Gasteiger partial charge is 0.506 e. The molecule has 6 nitrogen and oxygen atoms in total. The molecule has 2 aromatic carbocycles. The number of para-hydroxylation sites is 1. The van der Waals surface area contributed by atoms with Gasteiger partial charge in [0.25, 0.3) is 0 Å². The van der Waals surface area contributed by atoms with Crippen LogP contribution >= 0.6 is 43.6 Å². The second kappa shape index (κ2) is 8.26. The zero-order valence-corrected chi connectivity index (χ0v) is 18.8. The van der Waals surface area contributed by atoms with Gasteiger partial charge in [-0.1, -0.05) is 36.9 Å². The first-order valence-electron chi connectivity index (χ1n) is 8.65. The first kappa shape index (κ1) is 19.5. The molecule has 0 spiro atoms. The number of hydrogen-bond donors (Lipinski definition) is 2. The van der Waals surface area contributed by atoms with Crippen LogP contribution in [0.25, 0.3) is 11.3 Å². The van der Waals surface area contributed by atoms with Crippen LogP contribution in [0.15, 0.2) is 50.5 Å². The Morgan fingerprint density at radius 2 is 1.93 bits per heavy atom. The fraction of sp³-hybridized carbons (Fsp3) is 0.211. The number of nitrogens with one attached hydrogen (secondary N) is 1. The zero-order valence-electron chi connectivity index (χ0n) is 14.8. The highest BCUT2D eigenvalue weighted by atomic mass is 79.9. The molecule has 0 saturated heterocycles. The third-order valence-electron chi connectivity index (χ3n) is 4.11. The predicted molar refractivity (Wildman–Crippen MR) is 117 cm³/mol. The number of nitrogens with zero attached hydrogens (tertiary/aromatic N) is 3. The van der Waals surface area contributed by atoms with Gasteiger partial charge in [-0.3, -0.25) is 0 Å². The maximum absolute atomic E-state index is 10.0. The maximum Gasteiger partial charge on any atom is 0.247 e. The number of benzene rings is 2. The average Bonchev–Trinajstić information content (AvgIpc) is 2.86. The minimum absolute atomic E-state index is 0.139. The predicted octanol–water partition coefficient (Wildman–Crippen LogP) is 5.77. The molecule has 0 fully saturated rings. The van der Waals surface area contributed by atoms with Crippen molar-refractivity contribution in [2.45, 2.75) is 24.7 Å². The Balaban J connectivity index is 1.81. The molecule has 2 N–H and O–H groups in total. The van der Waals surface area contributed by atoms with Gasteiger partial charge < -0.3 is 15.2 Å². The van der Waals surface area contributed by atoms with Gasteiger partial charge in [0.1, 0.15) is 5.75 Å². The standard InChI is InChI=1S/C19H16Br2N4O2S/c1-2-7-28-19-23-18-15(24-25-19)11-5-3-4-6-14(11)22-17(27-18)10-8-12(20)16(26)13(21)9-10/h3-6,8-9,17,22,26H,2,7H2,1H3/t17-/m0/s1. The zero-order chi connectivity index (χ0) is 19.7. The monoisotopic (exact) mass is 522 g/mol. The van der Waals surface area contributed by atoms with Crippen molar-refractivity contribution in [2.24, 2.45) is 0 Å². The molecular formula is C19H16Br2N4O2S. The van der Waals surface area contributed by atoms with Crippen LogP contribution in [-0.4, -0.2) is 26.0 Å². The lowest BCUT2D eigenvalue weighted by atomic mass is 10.1. The van der Waals surface area contributed by atoms with Crippen LogP contribution in [0.4, 0.5) is 5.69 Å². The SMILES string of the molecule is CCCSc1nnc2c(n1)O[C@@H](c1cc(Br)c(O)c(Br)c1)Nc1ccccc1-2. The van der Waals surface area contributed by atoms with Gasteiger partial charge in [-0.15, -0.1) is 10.2 Å². The Labute approximate surface area is 183 Å². The van der Waals surface area contributed by atoms with E-state index in [0.717, 1.165) is 29.0 Å². The third kappa shape index (κ3) is 3.83. The Morgan fingerprint density at radius 3 is 2.68 bits per heavy atom. The van der Waals surface area contributed by atoms with E-state index in [-0.39, 0.29) is 5.75 Å². The lowest BCUT2D eigenvalue weighted by Crippen LogP contribution is -2.17. The van der Waals surface area contributed by atoms with Crippen molar-refractivity contribution in [1.29, 1.82) is 0 Å². The van der Waals surface area contributed by atoms with Crippen LogP contribution in [0.1, 0.15) is 25.1 Å². The lowest BCUT2D eigenvalue weighted by Gasteiger charge is -2.20. The molecule has 1 aromatic heterocycles. The van der Waals surface area contributed by atoms with Gasteiger partial charge in [-0.05, 0) is 56.5 Å². The van der Waals surface area contributed by atoms with Crippen LogP contribution in [0.5, 0.6) is 11.6 Å². The normalized spacial score (nSPS) is 15.0. The van der Waals surface area contributed by atoms with Crippen molar-refractivity contribution in [1.82, 2.24) is 15.2 Å².